The van der Waals surface area contributed by atoms with Crippen molar-refractivity contribution in [2.75, 3.05) is 11.9 Å². The van der Waals surface area contributed by atoms with Gasteiger partial charge in [-0.1, -0.05) is 37.3 Å². The molecular formula is C25H27N3O2. The summed E-state index contributed by atoms with van der Waals surface area (Å²) in [7, 11) is 1.75. The second-order valence-corrected chi connectivity index (χ2v) is 7.41. The van der Waals surface area contributed by atoms with Crippen LogP contribution in [0.3, 0.4) is 0 Å². The number of benzene rings is 1. The summed E-state index contributed by atoms with van der Waals surface area (Å²) in [6.45, 7) is 5.78. The van der Waals surface area contributed by atoms with Gasteiger partial charge in [-0.3, -0.25) is 19.6 Å². The van der Waals surface area contributed by atoms with Crippen LogP contribution in [0.25, 0.3) is 11.3 Å². The van der Waals surface area contributed by atoms with E-state index in [0.717, 1.165) is 33.9 Å². The van der Waals surface area contributed by atoms with Gasteiger partial charge in [0.2, 0.25) is 5.91 Å². The van der Waals surface area contributed by atoms with Crippen LogP contribution in [0, 0.1) is 13.8 Å². The van der Waals surface area contributed by atoms with E-state index in [0.29, 0.717) is 24.8 Å². The van der Waals surface area contributed by atoms with E-state index in [1.807, 2.05) is 63.2 Å². The molecule has 0 saturated heterocycles. The lowest BCUT2D eigenvalue weighted by Gasteiger charge is -2.16. The lowest BCUT2D eigenvalue weighted by Crippen LogP contribution is -2.25. The van der Waals surface area contributed by atoms with Crippen molar-refractivity contribution in [1.82, 2.24) is 9.97 Å². The number of rotatable bonds is 7. The topological polar surface area (TPSA) is 63.2 Å². The molecule has 0 fully saturated rings. The SMILES string of the molecule is CCC(=O)N(C)c1ccc(-c2ccc(C(=O)CCc3ccc(C)nc3C)cc2)nc1. The summed E-state index contributed by atoms with van der Waals surface area (Å²) < 4.78 is 0. The highest BCUT2D eigenvalue weighted by atomic mass is 16.2. The molecular weight excluding hydrogens is 374 g/mol. The van der Waals surface area contributed by atoms with Gasteiger partial charge in [-0.25, -0.2) is 0 Å². The first-order chi connectivity index (χ1) is 14.4. The number of hydrogen-bond donors (Lipinski definition) is 0. The molecule has 30 heavy (non-hydrogen) atoms. The van der Waals surface area contributed by atoms with E-state index in [9.17, 15) is 9.59 Å². The molecule has 2 heterocycles. The van der Waals surface area contributed by atoms with Crippen LogP contribution in [0.5, 0.6) is 0 Å². The fourth-order valence-electron chi connectivity index (χ4n) is 3.34. The van der Waals surface area contributed by atoms with Gasteiger partial charge in [0.15, 0.2) is 5.78 Å². The highest BCUT2D eigenvalue weighted by Gasteiger charge is 2.11. The number of nitrogens with zero attached hydrogens (tertiary/aromatic N) is 3. The molecule has 5 heteroatoms. The third-order valence-corrected chi connectivity index (χ3v) is 5.27. The smallest absolute Gasteiger partial charge is 0.226 e. The summed E-state index contributed by atoms with van der Waals surface area (Å²) >= 11 is 0. The van der Waals surface area contributed by atoms with Crippen LogP contribution in [0.2, 0.25) is 0 Å². The monoisotopic (exact) mass is 401 g/mol. The van der Waals surface area contributed by atoms with Crippen molar-refractivity contribution >= 4 is 17.4 Å². The summed E-state index contributed by atoms with van der Waals surface area (Å²) in [6.07, 6.45) is 3.29. The summed E-state index contributed by atoms with van der Waals surface area (Å²) in [4.78, 5) is 34.9. The maximum Gasteiger partial charge on any atom is 0.226 e. The maximum atomic E-state index is 12.6. The standard InChI is InChI=1S/C25H27N3O2/c1-5-25(30)28(4)22-13-14-23(26-16-22)20-8-10-21(11-9-20)24(29)15-12-19-7-6-17(2)27-18(19)3/h6-11,13-14,16H,5,12,15H2,1-4H3. The lowest BCUT2D eigenvalue weighted by atomic mass is 10.00. The molecule has 5 nitrogen and oxygen atoms in total. The van der Waals surface area contributed by atoms with Gasteiger partial charge in [-0.2, -0.15) is 0 Å². The number of ketones is 1. The number of amides is 1. The first-order valence-corrected chi connectivity index (χ1v) is 10.2. The average Bonchev–Trinajstić information content (AvgIpc) is 2.77. The van der Waals surface area contributed by atoms with Gasteiger partial charge in [0, 0.05) is 42.4 Å². The van der Waals surface area contributed by atoms with E-state index in [1.165, 1.54) is 0 Å². The van der Waals surface area contributed by atoms with Gasteiger partial charge in [0.1, 0.15) is 0 Å². The molecule has 0 spiro atoms. The van der Waals surface area contributed by atoms with E-state index in [1.54, 1.807) is 18.1 Å². The summed E-state index contributed by atoms with van der Waals surface area (Å²) in [6, 6.07) is 15.3. The molecule has 1 aromatic carbocycles. The maximum absolute atomic E-state index is 12.6. The number of carbonyl (C=O) groups is 2. The van der Waals surface area contributed by atoms with Gasteiger partial charge in [-0.15, -0.1) is 0 Å². The van der Waals surface area contributed by atoms with Crippen molar-refractivity contribution < 1.29 is 9.59 Å². The van der Waals surface area contributed by atoms with Crippen LogP contribution in [0.15, 0.2) is 54.7 Å². The van der Waals surface area contributed by atoms with Crippen molar-refractivity contribution in [2.45, 2.75) is 40.0 Å². The number of aryl methyl sites for hydroxylation is 3. The molecule has 0 saturated carbocycles. The predicted octanol–water partition coefficient (Wildman–Crippen LogP) is 4.95. The molecule has 3 rings (SSSR count). The van der Waals surface area contributed by atoms with E-state index >= 15 is 0 Å². The van der Waals surface area contributed by atoms with E-state index in [2.05, 4.69) is 16.0 Å². The average molecular weight is 402 g/mol. The van der Waals surface area contributed by atoms with Gasteiger partial charge in [-0.05, 0) is 44.0 Å². The summed E-state index contributed by atoms with van der Waals surface area (Å²) in [5, 5.41) is 0. The van der Waals surface area contributed by atoms with Crippen LogP contribution in [0.4, 0.5) is 5.69 Å². The van der Waals surface area contributed by atoms with E-state index in [4.69, 9.17) is 0 Å². The Kier molecular flexibility index (Phi) is 6.72. The molecule has 0 atom stereocenters. The molecule has 0 N–H and O–H groups in total. The van der Waals surface area contributed by atoms with Gasteiger partial charge >= 0.3 is 0 Å². The molecule has 0 bridgehead atoms. The molecule has 0 unspecified atom stereocenters. The molecule has 0 radical (unpaired) electrons. The van der Waals surface area contributed by atoms with Crippen LogP contribution < -0.4 is 4.90 Å². The molecule has 2 aromatic heterocycles. The molecule has 0 aliphatic heterocycles. The Morgan fingerprint density at radius 2 is 1.70 bits per heavy atom. The molecule has 0 aliphatic carbocycles. The Morgan fingerprint density at radius 1 is 0.967 bits per heavy atom. The van der Waals surface area contributed by atoms with Crippen molar-refractivity contribution in [3.05, 3.63) is 77.2 Å². The van der Waals surface area contributed by atoms with Crippen LogP contribution in [-0.2, 0) is 11.2 Å². The molecule has 1 amide bonds. The van der Waals surface area contributed by atoms with Crippen molar-refractivity contribution in [2.24, 2.45) is 0 Å². The lowest BCUT2D eigenvalue weighted by molar-refractivity contribution is -0.118. The van der Waals surface area contributed by atoms with Crippen molar-refractivity contribution in [3.63, 3.8) is 0 Å². The second-order valence-electron chi connectivity index (χ2n) is 7.41. The summed E-state index contributed by atoms with van der Waals surface area (Å²) in [5.41, 5.74) is 6.28. The Morgan fingerprint density at radius 3 is 2.30 bits per heavy atom. The number of anilines is 1. The van der Waals surface area contributed by atoms with Gasteiger partial charge in [0.05, 0.1) is 17.6 Å². The fourth-order valence-corrected chi connectivity index (χ4v) is 3.34. The number of carbonyl (C=O) groups excluding carboxylic acids is 2. The quantitative estimate of drug-likeness (QED) is 0.526. The number of hydrogen-bond acceptors (Lipinski definition) is 4. The molecule has 154 valence electrons. The van der Waals surface area contributed by atoms with Gasteiger partial charge in [0.25, 0.3) is 0 Å². The Bertz CT molecular complexity index is 1040. The van der Waals surface area contributed by atoms with Crippen molar-refractivity contribution in [3.8, 4) is 11.3 Å². The molecule has 0 aliphatic rings. The highest BCUT2D eigenvalue weighted by molar-refractivity contribution is 5.96. The third kappa shape index (κ3) is 4.98. The van der Waals surface area contributed by atoms with E-state index < -0.39 is 0 Å². The zero-order valence-corrected chi connectivity index (χ0v) is 18.0. The molecule has 3 aromatic rings. The largest absolute Gasteiger partial charge is 0.314 e. The minimum atomic E-state index is 0.0454. The summed E-state index contributed by atoms with van der Waals surface area (Å²) in [5.74, 6) is 0.161. The first kappa shape index (κ1) is 21.4. The van der Waals surface area contributed by atoms with Gasteiger partial charge < -0.3 is 4.90 Å². The van der Waals surface area contributed by atoms with Crippen LogP contribution in [0.1, 0.15) is 47.1 Å². The zero-order valence-electron chi connectivity index (χ0n) is 18.0. The Balaban J connectivity index is 1.65. The predicted molar refractivity (Wildman–Crippen MR) is 120 cm³/mol. The van der Waals surface area contributed by atoms with Crippen molar-refractivity contribution in [1.29, 1.82) is 0 Å². The Labute approximate surface area is 177 Å². The second kappa shape index (κ2) is 9.44. The number of pyridine rings is 2. The zero-order chi connectivity index (χ0) is 21.7. The Hall–Kier alpha value is -3.34. The van der Waals surface area contributed by atoms with Crippen LogP contribution in [-0.4, -0.2) is 28.7 Å². The minimum Gasteiger partial charge on any atom is -0.314 e. The highest BCUT2D eigenvalue weighted by Crippen LogP contribution is 2.21. The minimum absolute atomic E-state index is 0.0454. The third-order valence-electron chi connectivity index (χ3n) is 5.27. The number of aromatic nitrogens is 2. The fraction of sp³-hybridized carbons (Fsp3) is 0.280. The number of Topliss-reactive ketones (excluding diaryl/α,β-unsaturated/α-hetero) is 1. The first-order valence-electron chi connectivity index (χ1n) is 10.2. The normalized spacial score (nSPS) is 10.7. The van der Waals surface area contributed by atoms with Crippen LogP contribution >= 0.6 is 0 Å². The van der Waals surface area contributed by atoms with E-state index in [-0.39, 0.29) is 11.7 Å².